The minimum atomic E-state index is -0.413. The number of anilines is 1. The van der Waals surface area contributed by atoms with Gasteiger partial charge in [0.2, 0.25) is 0 Å². The maximum atomic E-state index is 14.7. The molecule has 1 aromatic carbocycles. The summed E-state index contributed by atoms with van der Waals surface area (Å²) < 4.78 is 14.7. The van der Waals surface area contributed by atoms with E-state index in [0.29, 0.717) is 33.7 Å². The first-order valence-corrected chi connectivity index (χ1v) is 11.7. The quantitative estimate of drug-likeness (QED) is 0.594. The Morgan fingerprint density at radius 2 is 2.06 bits per heavy atom. The summed E-state index contributed by atoms with van der Waals surface area (Å²) in [4.78, 5) is 7.10. The lowest BCUT2D eigenvalue weighted by atomic mass is 9.92. The molecule has 162 valence electrons. The van der Waals surface area contributed by atoms with Gasteiger partial charge in [0.25, 0.3) is 0 Å². The normalized spacial score (nSPS) is 19.0. The number of phenolic OH excluding ortho intramolecular Hbond substituents is 1. The Kier molecular flexibility index (Phi) is 5.58. The van der Waals surface area contributed by atoms with Crippen LogP contribution < -0.4 is 10.2 Å². The minimum Gasteiger partial charge on any atom is -0.507 e. The fourth-order valence-corrected chi connectivity index (χ4v) is 5.03. The molecule has 3 heterocycles. The first-order valence-electron chi connectivity index (χ1n) is 10.8. The van der Waals surface area contributed by atoms with Crippen LogP contribution in [-0.4, -0.2) is 46.0 Å². The summed E-state index contributed by atoms with van der Waals surface area (Å²) in [7, 11) is 0. The lowest BCUT2D eigenvalue weighted by Crippen LogP contribution is -2.38. The Morgan fingerprint density at radius 1 is 1.19 bits per heavy atom. The standard InChI is InChI=1S/C23H26FN5OS/c1-14-25-12-22(31-14)17-10-21(30)18(9-19(17)24)20-5-6-23(28-27-20)29-8-7-15(13-29)11-26-16-3-2-4-16/h5-6,9-10,12,15-16,26,30H,2-4,7-8,11,13H2,1H3/t15-/m1/s1. The van der Waals surface area contributed by atoms with Crippen molar-refractivity contribution in [2.45, 2.75) is 38.6 Å². The maximum absolute atomic E-state index is 14.7. The molecule has 2 aliphatic rings. The Balaban J connectivity index is 1.28. The molecule has 31 heavy (non-hydrogen) atoms. The topological polar surface area (TPSA) is 74.2 Å². The van der Waals surface area contributed by atoms with Crippen LogP contribution in [0.4, 0.5) is 10.2 Å². The van der Waals surface area contributed by atoms with Gasteiger partial charge in [-0.1, -0.05) is 6.42 Å². The van der Waals surface area contributed by atoms with Crippen molar-refractivity contribution in [1.29, 1.82) is 0 Å². The fraction of sp³-hybridized carbons (Fsp3) is 0.435. The molecule has 5 rings (SSSR count). The Labute approximate surface area is 185 Å². The van der Waals surface area contributed by atoms with Gasteiger partial charge in [0.05, 0.1) is 15.6 Å². The van der Waals surface area contributed by atoms with Crippen molar-refractivity contribution in [3.8, 4) is 27.4 Å². The van der Waals surface area contributed by atoms with E-state index in [-0.39, 0.29) is 5.75 Å². The van der Waals surface area contributed by atoms with Gasteiger partial charge in [0.15, 0.2) is 5.82 Å². The molecule has 0 spiro atoms. The van der Waals surface area contributed by atoms with Crippen molar-refractivity contribution < 1.29 is 9.50 Å². The van der Waals surface area contributed by atoms with E-state index in [1.54, 1.807) is 12.3 Å². The van der Waals surface area contributed by atoms with Crippen LogP contribution in [0.2, 0.25) is 0 Å². The van der Waals surface area contributed by atoms with E-state index >= 15 is 0 Å². The number of hydrogen-bond acceptors (Lipinski definition) is 7. The molecule has 0 amide bonds. The summed E-state index contributed by atoms with van der Waals surface area (Å²) in [5.74, 6) is 1.02. The number of benzene rings is 1. The SMILES string of the molecule is Cc1ncc(-c2cc(O)c(-c3ccc(N4CC[C@H](CNC5CCC5)C4)nn3)cc2F)s1. The number of aromatic hydroxyl groups is 1. The van der Waals surface area contributed by atoms with E-state index in [2.05, 4.69) is 25.4 Å². The fourth-order valence-electron chi connectivity index (χ4n) is 4.23. The zero-order valence-electron chi connectivity index (χ0n) is 17.5. The molecule has 8 heteroatoms. The van der Waals surface area contributed by atoms with Crippen LogP contribution in [0, 0.1) is 18.7 Å². The first-order chi connectivity index (χ1) is 15.1. The van der Waals surface area contributed by atoms with Crippen molar-refractivity contribution in [2.75, 3.05) is 24.5 Å². The van der Waals surface area contributed by atoms with Crippen molar-refractivity contribution in [3.05, 3.63) is 41.3 Å². The van der Waals surface area contributed by atoms with Gasteiger partial charge in [-0.2, -0.15) is 0 Å². The van der Waals surface area contributed by atoms with Crippen LogP contribution in [0.15, 0.2) is 30.5 Å². The van der Waals surface area contributed by atoms with E-state index in [0.717, 1.165) is 36.9 Å². The van der Waals surface area contributed by atoms with Crippen LogP contribution in [-0.2, 0) is 0 Å². The van der Waals surface area contributed by atoms with Crippen LogP contribution in [0.3, 0.4) is 0 Å². The van der Waals surface area contributed by atoms with E-state index in [4.69, 9.17) is 0 Å². The van der Waals surface area contributed by atoms with Crippen LogP contribution >= 0.6 is 11.3 Å². The van der Waals surface area contributed by atoms with Gasteiger partial charge in [-0.3, -0.25) is 0 Å². The number of hydrogen-bond donors (Lipinski definition) is 2. The van der Waals surface area contributed by atoms with Gasteiger partial charge in [0, 0.05) is 36.5 Å². The van der Waals surface area contributed by atoms with E-state index in [1.807, 2.05) is 13.0 Å². The average Bonchev–Trinajstić information content (AvgIpc) is 3.38. The zero-order valence-corrected chi connectivity index (χ0v) is 18.3. The van der Waals surface area contributed by atoms with Gasteiger partial charge in [-0.05, 0) is 62.9 Å². The van der Waals surface area contributed by atoms with Gasteiger partial charge in [-0.15, -0.1) is 21.5 Å². The second kappa shape index (κ2) is 8.51. The number of halogens is 1. The number of rotatable bonds is 6. The molecule has 0 bridgehead atoms. The van der Waals surface area contributed by atoms with Crippen LogP contribution in [0.5, 0.6) is 5.75 Å². The second-order valence-corrected chi connectivity index (χ2v) is 9.74. The number of nitrogens with zero attached hydrogens (tertiary/aromatic N) is 4. The molecular weight excluding hydrogens is 413 g/mol. The van der Waals surface area contributed by atoms with Crippen molar-refractivity contribution in [1.82, 2.24) is 20.5 Å². The summed E-state index contributed by atoms with van der Waals surface area (Å²) in [6.45, 7) is 4.86. The Hall–Kier alpha value is -2.58. The van der Waals surface area contributed by atoms with Gasteiger partial charge in [-0.25, -0.2) is 9.37 Å². The van der Waals surface area contributed by atoms with E-state index in [9.17, 15) is 9.50 Å². The van der Waals surface area contributed by atoms with E-state index < -0.39 is 5.82 Å². The monoisotopic (exact) mass is 439 g/mol. The molecule has 0 radical (unpaired) electrons. The molecule has 1 atom stereocenters. The van der Waals surface area contributed by atoms with Gasteiger partial charge in [0.1, 0.15) is 11.6 Å². The number of thiazole rings is 1. The minimum absolute atomic E-state index is 0.0205. The number of phenols is 1. The van der Waals surface area contributed by atoms with Crippen molar-refractivity contribution in [3.63, 3.8) is 0 Å². The number of aromatic nitrogens is 3. The lowest BCUT2D eigenvalue weighted by molar-refractivity contribution is 0.321. The van der Waals surface area contributed by atoms with Crippen LogP contribution in [0.1, 0.15) is 30.7 Å². The summed E-state index contributed by atoms with van der Waals surface area (Å²) in [6, 6.07) is 7.18. The zero-order chi connectivity index (χ0) is 21.4. The molecule has 1 saturated carbocycles. The summed E-state index contributed by atoms with van der Waals surface area (Å²) in [5, 5.41) is 23.7. The third-order valence-electron chi connectivity index (χ3n) is 6.31. The number of aryl methyl sites for hydroxylation is 1. The van der Waals surface area contributed by atoms with Crippen LogP contribution in [0.25, 0.3) is 21.7 Å². The van der Waals surface area contributed by atoms with Gasteiger partial charge >= 0.3 is 0 Å². The van der Waals surface area contributed by atoms with Gasteiger partial charge < -0.3 is 15.3 Å². The predicted octanol–water partition coefficient (Wildman–Crippen LogP) is 4.39. The third-order valence-corrected chi connectivity index (χ3v) is 7.25. The summed E-state index contributed by atoms with van der Waals surface area (Å²) in [6.07, 6.45) is 6.73. The molecule has 6 nitrogen and oxygen atoms in total. The lowest BCUT2D eigenvalue weighted by Gasteiger charge is -2.28. The molecule has 2 aromatic heterocycles. The van der Waals surface area contributed by atoms with E-state index in [1.165, 1.54) is 42.7 Å². The Bertz CT molecular complexity index is 1070. The second-order valence-electron chi connectivity index (χ2n) is 8.51. The molecule has 0 unspecified atom stereocenters. The van der Waals surface area contributed by atoms with Crippen molar-refractivity contribution in [2.24, 2.45) is 5.92 Å². The summed E-state index contributed by atoms with van der Waals surface area (Å²) >= 11 is 1.39. The summed E-state index contributed by atoms with van der Waals surface area (Å²) in [5.41, 5.74) is 1.13. The highest BCUT2D eigenvalue weighted by Gasteiger charge is 2.26. The highest BCUT2D eigenvalue weighted by Crippen LogP contribution is 2.37. The highest BCUT2D eigenvalue weighted by atomic mass is 32.1. The molecule has 2 N–H and O–H groups in total. The smallest absolute Gasteiger partial charge is 0.151 e. The van der Waals surface area contributed by atoms with Crippen molar-refractivity contribution >= 4 is 17.2 Å². The predicted molar refractivity (Wildman–Crippen MR) is 121 cm³/mol. The largest absolute Gasteiger partial charge is 0.507 e. The number of nitrogens with one attached hydrogen (secondary N) is 1. The highest BCUT2D eigenvalue weighted by molar-refractivity contribution is 7.15. The maximum Gasteiger partial charge on any atom is 0.151 e. The molecule has 3 aromatic rings. The molecule has 2 fully saturated rings. The molecule has 1 aliphatic carbocycles. The third kappa shape index (κ3) is 4.27. The molecular formula is C23H26FN5OS. The molecule has 1 aliphatic heterocycles. The molecule has 1 saturated heterocycles. The average molecular weight is 440 g/mol. The first kappa shape index (κ1) is 20.3. The Morgan fingerprint density at radius 3 is 2.74 bits per heavy atom.